The number of aliphatic hydroxyl groups is 1. The average Bonchev–Trinajstić information content (AvgIpc) is 3.09. The van der Waals surface area contributed by atoms with Gasteiger partial charge in [0.05, 0.1) is 18.7 Å². The molecule has 0 radical (unpaired) electrons. The molecule has 0 bridgehead atoms. The number of anilines is 1. The van der Waals surface area contributed by atoms with E-state index in [-0.39, 0.29) is 17.1 Å². The van der Waals surface area contributed by atoms with E-state index in [1.165, 1.54) is 24.1 Å². The molecule has 1 heterocycles. The summed E-state index contributed by atoms with van der Waals surface area (Å²) in [5.41, 5.74) is 2.44. The summed E-state index contributed by atoms with van der Waals surface area (Å²) in [5.74, 6) is -1.03. The fraction of sp³-hybridized carbons (Fsp3) is 0.185. The summed E-state index contributed by atoms with van der Waals surface area (Å²) in [6.45, 7) is 4.14. The van der Waals surface area contributed by atoms with Gasteiger partial charge in [-0.3, -0.25) is 14.5 Å². The molecule has 6 heteroatoms. The van der Waals surface area contributed by atoms with Crippen molar-refractivity contribution >= 4 is 23.1 Å². The standard InChI is InChI=1S/C27H25NO5/c1-16(2)17-10-12-20(13-11-17)28-24(18-6-4-8-21(29)14-18)23(26(31)27(28)32)25(30)19-7-5-9-22(15-19)33-3/h4-16,24,29-30H,1-3H3/b25-23-. The Hall–Kier alpha value is -4.06. The van der Waals surface area contributed by atoms with Crippen molar-refractivity contribution in [1.82, 2.24) is 0 Å². The van der Waals surface area contributed by atoms with Crippen molar-refractivity contribution in [3.63, 3.8) is 0 Å². The molecule has 1 amide bonds. The molecule has 0 aromatic heterocycles. The van der Waals surface area contributed by atoms with Crippen LogP contribution in [0.2, 0.25) is 0 Å². The molecule has 3 aromatic rings. The lowest BCUT2D eigenvalue weighted by atomic mass is 9.94. The van der Waals surface area contributed by atoms with Crippen LogP contribution in [0.15, 0.2) is 78.4 Å². The number of nitrogens with zero attached hydrogens (tertiary/aromatic N) is 1. The van der Waals surface area contributed by atoms with Crippen LogP contribution in [0.5, 0.6) is 11.5 Å². The first-order valence-corrected chi connectivity index (χ1v) is 10.7. The minimum Gasteiger partial charge on any atom is -0.508 e. The lowest BCUT2D eigenvalue weighted by Gasteiger charge is -2.26. The van der Waals surface area contributed by atoms with Gasteiger partial charge in [0.15, 0.2) is 0 Å². The second kappa shape index (κ2) is 8.82. The van der Waals surface area contributed by atoms with Gasteiger partial charge in [0.2, 0.25) is 0 Å². The summed E-state index contributed by atoms with van der Waals surface area (Å²) >= 11 is 0. The second-order valence-corrected chi connectivity index (χ2v) is 8.24. The van der Waals surface area contributed by atoms with Crippen LogP contribution >= 0.6 is 0 Å². The molecular formula is C27H25NO5. The van der Waals surface area contributed by atoms with Crippen molar-refractivity contribution in [3.05, 3.63) is 95.1 Å². The summed E-state index contributed by atoms with van der Waals surface area (Å²) in [5, 5.41) is 21.3. The van der Waals surface area contributed by atoms with Crippen LogP contribution < -0.4 is 9.64 Å². The number of hydrogen-bond donors (Lipinski definition) is 2. The van der Waals surface area contributed by atoms with Crippen LogP contribution in [0.25, 0.3) is 5.76 Å². The zero-order chi connectivity index (χ0) is 23.7. The van der Waals surface area contributed by atoms with Crippen molar-refractivity contribution in [1.29, 1.82) is 0 Å². The molecule has 1 unspecified atom stereocenters. The molecule has 4 rings (SSSR count). The van der Waals surface area contributed by atoms with Gasteiger partial charge in [0, 0.05) is 11.3 Å². The third kappa shape index (κ3) is 4.07. The van der Waals surface area contributed by atoms with Crippen LogP contribution in [-0.4, -0.2) is 29.0 Å². The maximum atomic E-state index is 13.2. The molecule has 2 N–H and O–H groups in total. The van der Waals surface area contributed by atoms with E-state index in [0.29, 0.717) is 28.5 Å². The summed E-state index contributed by atoms with van der Waals surface area (Å²) in [7, 11) is 1.51. The zero-order valence-corrected chi connectivity index (χ0v) is 18.6. The first-order valence-electron chi connectivity index (χ1n) is 10.7. The largest absolute Gasteiger partial charge is 0.508 e. The highest BCUT2D eigenvalue weighted by molar-refractivity contribution is 6.51. The van der Waals surface area contributed by atoms with Gasteiger partial charge < -0.3 is 14.9 Å². The summed E-state index contributed by atoms with van der Waals surface area (Å²) in [4.78, 5) is 27.8. The predicted molar refractivity (Wildman–Crippen MR) is 126 cm³/mol. The Bertz CT molecular complexity index is 1240. The normalized spacial score (nSPS) is 17.6. The molecule has 0 aliphatic carbocycles. The van der Waals surface area contributed by atoms with Gasteiger partial charge >= 0.3 is 0 Å². The van der Waals surface area contributed by atoms with Crippen LogP contribution in [0, 0.1) is 0 Å². The van der Waals surface area contributed by atoms with Crippen LogP contribution in [0.3, 0.4) is 0 Å². The van der Waals surface area contributed by atoms with Gasteiger partial charge in [-0.25, -0.2) is 0 Å². The number of ketones is 1. The van der Waals surface area contributed by atoms with Crippen molar-refractivity contribution < 1.29 is 24.5 Å². The topological polar surface area (TPSA) is 87.1 Å². The lowest BCUT2D eigenvalue weighted by Crippen LogP contribution is -2.29. The van der Waals surface area contributed by atoms with Crippen LogP contribution in [-0.2, 0) is 9.59 Å². The Labute approximate surface area is 192 Å². The zero-order valence-electron chi connectivity index (χ0n) is 18.6. The van der Waals surface area contributed by atoms with Gasteiger partial charge in [-0.2, -0.15) is 0 Å². The molecule has 6 nitrogen and oxygen atoms in total. The number of phenols is 1. The number of amides is 1. The highest BCUT2D eigenvalue weighted by Crippen LogP contribution is 2.43. The fourth-order valence-corrected chi connectivity index (χ4v) is 4.05. The number of methoxy groups -OCH3 is 1. The monoisotopic (exact) mass is 443 g/mol. The number of ether oxygens (including phenoxy) is 1. The number of carbonyl (C=O) groups is 2. The molecule has 168 valence electrons. The summed E-state index contributed by atoms with van der Waals surface area (Å²) in [6, 6.07) is 19.5. The van der Waals surface area contributed by atoms with Gasteiger partial charge in [-0.15, -0.1) is 0 Å². The van der Waals surface area contributed by atoms with Crippen molar-refractivity contribution in [3.8, 4) is 11.5 Å². The van der Waals surface area contributed by atoms with Crippen LogP contribution in [0.1, 0.15) is 42.5 Å². The Kier molecular flexibility index (Phi) is 5.92. The molecule has 33 heavy (non-hydrogen) atoms. The molecule has 1 fully saturated rings. The smallest absolute Gasteiger partial charge is 0.300 e. The average molecular weight is 443 g/mol. The number of phenolic OH excluding ortho intramolecular Hbond substituents is 1. The molecule has 0 spiro atoms. The maximum Gasteiger partial charge on any atom is 0.300 e. The number of aromatic hydroxyl groups is 1. The fourth-order valence-electron chi connectivity index (χ4n) is 4.05. The molecule has 1 atom stereocenters. The Morgan fingerprint density at radius 1 is 0.970 bits per heavy atom. The first kappa shape index (κ1) is 22.1. The Morgan fingerprint density at radius 3 is 2.30 bits per heavy atom. The van der Waals surface area contributed by atoms with E-state index in [9.17, 15) is 19.8 Å². The maximum absolute atomic E-state index is 13.2. The van der Waals surface area contributed by atoms with E-state index in [0.717, 1.165) is 5.56 Å². The lowest BCUT2D eigenvalue weighted by molar-refractivity contribution is -0.132. The number of benzene rings is 3. The minimum absolute atomic E-state index is 0.00498. The molecule has 0 saturated carbocycles. The van der Waals surface area contributed by atoms with E-state index in [1.54, 1.807) is 48.5 Å². The van der Waals surface area contributed by atoms with E-state index >= 15 is 0 Å². The Morgan fingerprint density at radius 2 is 1.67 bits per heavy atom. The Balaban J connectivity index is 1.92. The van der Waals surface area contributed by atoms with E-state index in [2.05, 4.69) is 13.8 Å². The minimum atomic E-state index is -0.909. The summed E-state index contributed by atoms with van der Waals surface area (Å²) in [6.07, 6.45) is 0. The van der Waals surface area contributed by atoms with E-state index in [4.69, 9.17) is 4.74 Å². The summed E-state index contributed by atoms with van der Waals surface area (Å²) < 4.78 is 5.23. The van der Waals surface area contributed by atoms with Crippen LogP contribution in [0.4, 0.5) is 5.69 Å². The van der Waals surface area contributed by atoms with Gasteiger partial charge in [-0.1, -0.05) is 50.2 Å². The number of carbonyl (C=O) groups excluding carboxylic acids is 2. The third-order valence-electron chi connectivity index (χ3n) is 5.81. The van der Waals surface area contributed by atoms with Crippen molar-refractivity contribution in [2.75, 3.05) is 12.0 Å². The first-order chi connectivity index (χ1) is 15.8. The highest BCUT2D eigenvalue weighted by atomic mass is 16.5. The van der Waals surface area contributed by atoms with Crippen molar-refractivity contribution in [2.24, 2.45) is 0 Å². The number of hydrogen-bond acceptors (Lipinski definition) is 5. The van der Waals surface area contributed by atoms with E-state index in [1.807, 2.05) is 12.1 Å². The number of rotatable bonds is 5. The molecule has 3 aromatic carbocycles. The quantitative estimate of drug-likeness (QED) is 0.324. The van der Waals surface area contributed by atoms with Gasteiger partial charge in [-0.05, 0) is 53.4 Å². The third-order valence-corrected chi connectivity index (χ3v) is 5.81. The number of Topliss-reactive ketones (excluding diaryl/α,β-unsaturated/α-hetero) is 1. The molecular weight excluding hydrogens is 418 g/mol. The SMILES string of the molecule is COc1cccc(/C(O)=C2/C(=O)C(=O)N(c3ccc(C(C)C)cc3)C2c2cccc(O)c2)c1. The predicted octanol–water partition coefficient (Wildman–Crippen LogP) is 5.15. The molecule has 1 aliphatic heterocycles. The van der Waals surface area contributed by atoms with Gasteiger partial charge in [0.25, 0.3) is 11.7 Å². The van der Waals surface area contributed by atoms with E-state index < -0.39 is 17.7 Å². The molecule has 1 saturated heterocycles. The second-order valence-electron chi connectivity index (χ2n) is 8.24. The highest BCUT2D eigenvalue weighted by Gasteiger charge is 2.47. The van der Waals surface area contributed by atoms with Crippen molar-refractivity contribution in [2.45, 2.75) is 25.8 Å². The number of aliphatic hydroxyl groups excluding tert-OH is 1. The van der Waals surface area contributed by atoms with Gasteiger partial charge in [0.1, 0.15) is 17.3 Å². The molecule has 1 aliphatic rings.